The highest BCUT2D eigenvalue weighted by atomic mass is 79.9. The van der Waals surface area contributed by atoms with Crippen LogP contribution in [0, 0.1) is 20.8 Å². The summed E-state index contributed by atoms with van der Waals surface area (Å²) in [5.41, 5.74) is 3.48. The van der Waals surface area contributed by atoms with Crippen LogP contribution in [0.5, 0.6) is 5.75 Å². The smallest absolute Gasteiger partial charge is 0.345 e. The first-order chi connectivity index (χ1) is 8.97. The molecule has 0 radical (unpaired) electrons. The van der Waals surface area contributed by atoms with Gasteiger partial charge in [-0.3, -0.25) is 4.98 Å². The molecule has 0 N–H and O–H groups in total. The van der Waals surface area contributed by atoms with Crippen molar-refractivity contribution in [3.63, 3.8) is 0 Å². The summed E-state index contributed by atoms with van der Waals surface area (Å²) in [5.74, 6) is 0.222. The van der Waals surface area contributed by atoms with Gasteiger partial charge in [-0.05, 0) is 53.9 Å². The fourth-order valence-corrected chi connectivity index (χ4v) is 2.37. The molecule has 4 heteroatoms. The Morgan fingerprint density at radius 2 is 1.74 bits per heavy atom. The fraction of sp³-hybridized carbons (Fsp3) is 0.200. The molecule has 0 aliphatic carbocycles. The number of aromatic nitrogens is 1. The lowest BCUT2D eigenvalue weighted by atomic mass is 10.1. The molecule has 0 bridgehead atoms. The third-order valence-corrected chi connectivity index (χ3v) is 3.17. The van der Waals surface area contributed by atoms with E-state index in [0.717, 1.165) is 21.2 Å². The van der Waals surface area contributed by atoms with E-state index in [-0.39, 0.29) is 0 Å². The summed E-state index contributed by atoms with van der Waals surface area (Å²) in [5, 5.41) is 0. The van der Waals surface area contributed by atoms with Gasteiger partial charge in [0, 0.05) is 16.9 Å². The number of hydrogen-bond donors (Lipinski definition) is 0. The van der Waals surface area contributed by atoms with E-state index < -0.39 is 5.97 Å². The number of carbonyl (C=O) groups is 1. The molecule has 3 nitrogen and oxygen atoms in total. The quantitative estimate of drug-likeness (QED) is 0.620. The monoisotopic (exact) mass is 319 g/mol. The third-order valence-electron chi connectivity index (χ3n) is 2.74. The zero-order valence-electron chi connectivity index (χ0n) is 11.0. The fourth-order valence-electron chi connectivity index (χ4n) is 2.00. The molecule has 0 aliphatic rings. The number of aryl methyl sites for hydroxylation is 3. The maximum absolute atomic E-state index is 12.1. The molecule has 1 aromatic carbocycles. The van der Waals surface area contributed by atoms with Gasteiger partial charge in [-0.15, -0.1) is 0 Å². The second kappa shape index (κ2) is 5.53. The Balaban J connectivity index is 2.29. The van der Waals surface area contributed by atoms with Crippen molar-refractivity contribution in [3.05, 3.63) is 57.3 Å². The molecule has 0 amide bonds. The number of halogens is 1. The van der Waals surface area contributed by atoms with E-state index in [4.69, 9.17) is 4.74 Å². The van der Waals surface area contributed by atoms with Crippen molar-refractivity contribution in [1.82, 2.24) is 4.98 Å². The van der Waals surface area contributed by atoms with Crippen LogP contribution >= 0.6 is 15.9 Å². The van der Waals surface area contributed by atoms with Gasteiger partial charge in [-0.2, -0.15) is 0 Å². The number of pyridine rings is 1. The molecule has 0 atom stereocenters. The normalized spacial score (nSPS) is 10.3. The minimum atomic E-state index is -0.399. The van der Waals surface area contributed by atoms with E-state index in [1.54, 1.807) is 12.3 Å². The maximum Gasteiger partial charge on any atom is 0.345 e. The molecule has 0 saturated heterocycles. The number of carbonyl (C=O) groups excluding carboxylic acids is 1. The molecule has 2 rings (SSSR count). The van der Waals surface area contributed by atoms with Crippen molar-refractivity contribution >= 4 is 21.9 Å². The van der Waals surface area contributed by atoms with E-state index in [0.29, 0.717) is 11.3 Å². The summed E-state index contributed by atoms with van der Waals surface area (Å²) in [6, 6.07) is 5.68. The van der Waals surface area contributed by atoms with Crippen molar-refractivity contribution in [3.8, 4) is 5.75 Å². The zero-order valence-corrected chi connectivity index (χ0v) is 12.6. The van der Waals surface area contributed by atoms with Crippen LogP contribution in [0.3, 0.4) is 0 Å². The van der Waals surface area contributed by atoms with Crippen LogP contribution in [0.4, 0.5) is 0 Å². The van der Waals surface area contributed by atoms with Crippen LogP contribution in [0.2, 0.25) is 0 Å². The molecule has 0 fully saturated rings. The average Bonchev–Trinajstić information content (AvgIpc) is 2.33. The Labute approximate surface area is 120 Å². The van der Waals surface area contributed by atoms with Crippen molar-refractivity contribution in [2.75, 3.05) is 0 Å². The van der Waals surface area contributed by atoms with E-state index in [1.807, 2.05) is 32.9 Å². The molecule has 1 heterocycles. The number of benzene rings is 1. The van der Waals surface area contributed by atoms with E-state index in [1.165, 1.54) is 6.20 Å². The number of ether oxygens (including phenoxy) is 1. The van der Waals surface area contributed by atoms with E-state index in [9.17, 15) is 4.79 Å². The number of rotatable bonds is 2. The van der Waals surface area contributed by atoms with Crippen molar-refractivity contribution in [2.45, 2.75) is 20.8 Å². The Morgan fingerprint density at radius 3 is 2.32 bits per heavy atom. The van der Waals surface area contributed by atoms with Gasteiger partial charge in [0.15, 0.2) is 0 Å². The summed E-state index contributed by atoms with van der Waals surface area (Å²) in [7, 11) is 0. The maximum atomic E-state index is 12.1. The largest absolute Gasteiger partial charge is 0.422 e. The van der Waals surface area contributed by atoms with Crippen LogP contribution in [0.15, 0.2) is 35.1 Å². The molecule has 0 unspecified atom stereocenters. The van der Waals surface area contributed by atoms with Crippen LogP contribution in [-0.2, 0) is 0 Å². The Kier molecular flexibility index (Phi) is 4.00. The Morgan fingerprint density at radius 1 is 1.11 bits per heavy atom. The topological polar surface area (TPSA) is 39.2 Å². The molecule has 0 aliphatic heterocycles. The predicted molar refractivity (Wildman–Crippen MR) is 77.5 cm³/mol. The highest BCUT2D eigenvalue weighted by Crippen LogP contribution is 2.25. The number of hydrogen-bond acceptors (Lipinski definition) is 3. The van der Waals surface area contributed by atoms with E-state index >= 15 is 0 Å². The van der Waals surface area contributed by atoms with Gasteiger partial charge in [0.1, 0.15) is 5.75 Å². The van der Waals surface area contributed by atoms with E-state index in [2.05, 4.69) is 20.9 Å². The van der Waals surface area contributed by atoms with Crippen LogP contribution in [0.1, 0.15) is 27.0 Å². The summed E-state index contributed by atoms with van der Waals surface area (Å²) >= 11 is 3.28. The lowest BCUT2D eigenvalue weighted by Crippen LogP contribution is -2.10. The van der Waals surface area contributed by atoms with Gasteiger partial charge in [0.25, 0.3) is 0 Å². The SMILES string of the molecule is Cc1cc(C)c(OC(=O)c2cncc(Br)c2)c(C)c1. The van der Waals surface area contributed by atoms with Crippen molar-refractivity contribution < 1.29 is 9.53 Å². The lowest BCUT2D eigenvalue weighted by Gasteiger charge is -2.11. The van der Waals surface area contributed by atoms with Gasteiger partial charge in [-0.1, -0.05) is 17.7 Å². The standard InChI is InChI=1S/C15H14BrNO2/c1-9-4-10(2)14(11(3)5-9)19-15(18)12-6-13(16)8-17-7-12/h4-8H,1-3H3. The second-order valence-corrected chi connectivity index (χ2v) is 5.42. The first-order valence-electron chi connectivity index (χ1n) is 5.88. The van der Waals surface area contributed by atoms with Gasteiger partial charge in [0.05, 0.1) is 5.56 Å². The van der Waals surface area contributed by atoms with Crippen LogP contribution < -0.4 is 4.74 Å². The minimum Gasteiger partial charge on any atom is -0.422 e. The van der Waals surface area contributed by atoms with Gasteiger partial charge < -0.3 is 4.74 Å². The average molecular weight is 320 g/mol. The first-order valence-corrected chi connectivity index (χ1v) is 6.67. The predicted octanol–water partition coefficient (Wildman–Crippen LogP) is 3.99. The third kappa shape index (κ3) is 3.20. The molecule has 98 valence electrons. The highest BCUT2D eigenvalue weighted by molar-refractivity contribution is 9.10. The summed E-state index contributed by atoms with van der Waals surface area (Å²) in [4.78, 5) is 16.0. The summed E-state index contributed by atoms with van der Waals surface area (Å²) in [6.45, 7) is 5.88. The second-order valence-electron chi connectivity index (χ2n) is 4.51. The van der Waals surface area contributed by atoms with Crippen molar-refractivity contribution in [1.29, 1.82) is 0 Å². The van der Waals surface area contributed by atoms with Gasteiger partial charge in [-0.25, -0.2) is 4.79 Å². The first kappa shape index (κ1) is 13.7. The highest BCUT2D eigenvalue weighted by Gasteiger charge is 2.13. The number of esters is 1. The minimum absolute atomic E-state index is 0.399. The molecule has 1 aromatic heterocycles. The van der Waals surface area contributed by atoms with Crippen LogP contribution in [0.25, 0.3) is 0 Å². The lowest BCUT2D eigenvalue weighted by molar-refractivity contribution is 0.0731. The van der Waals surface area contributed by atoms with Gasteiger partial charge in [0.2, 0.25) is 0 Å². The molecule has 0 spiro atoms. The Hall–Kier alpha value is -1.68. The number of nitrogens with zero attached hydrogens (tertiary/aromatic N) is 1. The molecular formula is C15H14BrNO2. The summed E-state index contributed by atoms with van der Waals surface area (Å²) in [6.07, 6.45) is 3.12. The molecular weight excluding hydrogens is 306 g/mol. The van der Waals surface area contributed by atoms with Crippen molar-refractivity contribution in [2.24, 2.45) is 0 Å². The summed E-state index contributed by atoms with van der Waals surface area (Å²) < 4.78 is 6.22. The van der Waals surface area contributed by atoms with Gasteiger partial charge >= 0.3 is 5.97 Å². The molecule has 19 heavy (non-hydrogen) atoms. The zero-order chi connectivity index (χ0) is 14.0. The van der Waals surface area contributed by atoms with Crippen LogP contribution in [-0.4, -0.2) is 11.0 Å². The molecule has 0 saturated carbocycles. The molecule has 2 aromatic rings. The Bertz CT molecular complexity index is 615.